The lowest BCUT2D eigenvalue weighted by Gasteiger charge is -2.18. The van der Waals surface area contributed by atoms with Crippen LogP contribution < -0.4 is 10.0 Å². The molecule has 1 amide bonds. The molecule has 134 valence electrons. The first-order valence-electron chi connectivity index (χ1n) is 8.12. The first kappa shape index (κ1) is 19.0. The summed E-state index contributed by atoms with van der Waals surface area (Å²) >= 11 is 0. The Morgan fingerprint density at radius 1 is 1.04 bits per heavy atom. The van der Waals surface area contributed by atoms with Crippen molar-refractivity contribution >= 4 is 27.3 Å². The van der Waals surface area contributed by atoms with Gasteiger partial charge >= 0.3 is 0 Å². The standard InChI is InChI=1S/C19H24N2O3S/c1-12(2)17-8-6-7-13(3)19(17)21-25(23,24)16-9-10-18(14(4)11-16)20-15(5)22/h6-12,21H,1-5H3,(H,20,22). The molecular weight excluding hydrogens is 336 g/mol. The van der Waals surface area contributed by atoms with Crippen LogP contribution in [0.5, 0.6) is 0 Å². The summed E-state index contributed by atoms with van der Waals surface area (Å²) in [6.45, 7) is 9.11. The maximum absolute atomic E-state index is 12.8. The largest absolute Gasteiger partial charge is 0.326 e. The van der Waals surface area contributed by atoms with E-state index in [1.165, 1.54) is 13.0 Å². The fraction of sp³-hybridized carbons (Fsp3) is 0.316. The van der Waals surface area contributed by atoms with Crippen LogP contribution in [-0.4, -0.2) is 14.3 Å². The van der Waals surface area contributed by atoms with E-state index >= 15 is 0 Å². The number of para-hydroxylation sites is 1. The van der Waals surface area contributed by atoms with Crippen LogP contribution in [0.3, 0.4) is 0 Å². The van der Waals surface area contributed by atoms with E-state index in [1.54, 1.807) is 19.1 Å². The van der Waals surface area contributed by atoms with Gasteiger partial charge in [0.05, 0.1) is 10.6 Å². The van der Waals surface area contributed by atoms with Gasteiger partial charge in [0.2, 0.25) is 5.91 Å². The smallest absolute Gasteiger partial charge is 0.261 e. The fourth-order valence-corrected chi connectivity index (χ4v) is 3.88. The molecule has 0 radical (unpaired) electrons. The van der Waals surface area contributed by atoms with Crippen LogP contribution >= 0.6 is 0 Å². The Labute approximate surface area is 149 Å². The maximum atomic E-state index is 12.8. The second kappa shape index (κ2) is 7.27. The van der Waals surface area contributed by atoms with Gasteiger partial charge in [0.15, 0.2) is 0 Å². The quantitative estimate of drug-likeness (QED) is 0.839. The Morgan fingerprint density at radius 2 is 1.72 bits per heavy atom. The van der Waals surface area contributed by atoms with Gasteiger partial charge in [-0.3, -0.25) is 9.52 Å². The van der Waals surface area contributed by atoms with Crippen LogP contribution in [0.25, 0.3) is 0 Å². The van der Waals surface area contributed by atoms with Gasteiger partial charge in [0.1, 0.15) is 0 Å². The average Bonchev–Trinajstić information content (AvgIpc) is 2.50. The van der Waals surface area contributed by atoms with Crippen molar-refractivity contribution < 1.29 is 13.2 Å². The number of anilines is 2. The van der Waals surface area contributed by atoms with E-state index in [0.717, 1.165) is 11.1 Å². The molecule has 2 aromatic carbocycles. The summed E-state index contributed by atoms with van der Waals surface area (Å²) in [5.74, 6) is -0.000189. The third-order valence-corrected chi connectivity index (χ3v) is 5.33. The molecule has 0 atom stereocenters. The molecule has 0 aliphatic heterocycles. The highest BCUT2D eigenvalue weighted by atomic mass is 32.2. The van der Waals surface area contributed by atoms with E-state index in [-0.39, 0.29) is 16.7 Å². The Bertz CT molecular complexity index is 903. The zero-order chi connectivity index (χ0) is 18.8. The summed E-state index contributed by atoms with van der Waals surface area (Å²) in [6.07, 6.45) is 0. The number of aryl methyl sites for hydroxylation is 2. The zero-order valence-corrected chi connectivity index (χ0v) is 16.0. The predicted molar refractivity (Wildman–Crippen MR) is 102 cm³/mol. The highest BCUT2D eigenvalue weighted by Gasteiger charge is 2.19. The number of nitrogens with one attached hydrogen (secondary N) is 2. The van der Waals surface area contributed by atoms with Crippen LogP contribution in [0.1, 0.15) is 43.4 Å². The Balaban J connectivity index is 2.41. The van der Waals surface area contributed by atoms with Gasteiger partial charge in [-0.1, -0.05) is 32.0 Å². The van der Waals surface area contributed by atoms with E-state index in [2.05, 4.69) is 10.0 Å². The third kappa shape index (κ3) is 4.39. The Hall–Kier alpha value is -2.34. The number of amides is 1. The summed E-state index contributed by atoms with van der Waals surface area (Å²) in [6, 6.07) is 10.4. The Kier molecular flexibility index (Phi) is 5.52. The van der Waals surface area contributed by atoms with Crippen molar-refractivity contribution in [1.82, 2.24) is 0 Å². The van der Waals surface area contributed by atoms with E-state index in [1.807, 2.05) is 39.0 Å². The SMILES string of the molecule is CC(=O)Nc1ccc(S(=O)(=O)Nc2c(C)cccc2C(C)C)cc1C. The number of carbonyl (C=O) groups is 1. The summed E-state index contributed by atoms with van der Waals surface area (Å²) in [7, 11) is -3.72. The van der Waals surface area contributed by atoms with Gasteiger partial charge in [-0.2, -0.15) is 0 Å². The second-order valence-electron chi connectivity index (χ2n) is 6.46. The molecule has 6 heteroatoms. The predicted octanol–water partition coefficient (Wildman–Crippen LogP) is 4.19. The lowest BCUT2D eigenvalue weighted by atomic mass is 9.99. The minimum absolute atomic E-state index is 0.164. The van der Waals surface area contributed by atoms with Crippen LogP contribution in [0, 0.1) is 13.8 Å². The fourth-order valence-electron chi connectivity index (χ4n) is 2.64. The molecule has 0 aromatic heterocycles. The van der Waals surface area contributed by atoms with Crippen molar-refractivity contribution in [1.29, 1.82) is 0 Å². The zero-order valence-electron chi connectivity index (χ0n) is 15.2. The van der Waals surface area contributed by atoms with Gasteiger partial charge in [-0.15, -0.1) is 0 Å². The van der Waals surface area contributed by atoms with Crippen molar-refractivity contribution in [2.75, 3.05) is 10.0 Å². The van der Waals surface area contributed by atoms with Gasteiger partial charge < -0.3 is 5.32 Å². The maximum Gasteiger partial charge on any atom is 0.261 e. The van der Waals surface area contributed by atoms with Gasteiger partial charge in [-0.05, 0) is 54.7 Å². The van der Waals surface area contributed by atoms with E-state index < -0.39 is 10.0 Å². The Morgan fingerprint density at radius 3 is 2.28 bits per heavy atom. The molecular formula is C19H24N2O3S. The first-order chi connectivity index (χ1) is 11.6. The van der Waals surface area contributed by atoms with Crippen molar-refractivity contribution in [3.63, 3.8) is 0 Å². The van der Waals surface area contributed by atoms with E-state index in [0.29, 0.717) is 16.9 Å². The molecule has 0 heterocycles. The molecule has 0 bridgehead atoms. The number of hydrogen-bond donors (Lipinski definition) is 2. The average molecular weight is 360 g/mol. The van der Waals surface area contributed by atoms with Crippen molar-refractivity contribution in [3.8, 4) is 0 Å². The van der Waals surface area contributed by atoms with Crippen LogP contribution in [-0.2, 0) is 14.8 Å². The summed E-state index contributed by atoms with van der Waals surface area (Å²) < 4.78 is 28.4. The lowest BCUT2D eigenvalue weighted by Crippen LogP contribution is -2.16. The third-order valence-electron chi connectivity index (χ3n) is 3.98. The molecule has 0 saturated heterocycles. The highest BCUT2D eigenvalue weighted by Crippen LogP contribution is 2.30. The summed E-state index contributed by atoms with van der Waals surface area (Å²) in [4.78, 5) is 11.3. The number of hydrogen-bond acceptors (Lipinski definition) is 3. The van der Waals surface area contributed by atoms with Crippen LogP contribution in [0.4, 0.5) is 11.4 Å². The van der Waals surface area contributed by atoms with E-state index in [9.17, 15) is 13.2 Å². The van der Waals surface area contributed by atoms with Crippen LogP contribution in [0.2, 0.25) is 0 Å². The first-order valence-corrected chi connectivity index (χ1v) is 9.60. The lowest BCUT2D eigenvalue weighted by molar-refractivity contribution is -0.114. The molecule has 0 spiro atoms. The highest BCUT2D eigenvalue weighted by molar-refractivity contribution is 7.92. The second-order valence-corrected chi connectivity index (χ2v) is 8.14. The number of rotatable bonds is 5. The molecule has 0 unspecified atom stereocenters. The molecule has 2 aromatic rings. The minimum Gasteiger partial charge on any atom is -0.326 e. The van der Waals surface area contributed by atoms with Crippen molar-refractivity contribution in [2.24, 2.45) is 0 Å². The van der Waals surface area contributed by atoms with Crippen LogP contribution in [0.15, 0.2) is 41.3 Å². The molecule has 0 saturated carbocycles. The molecule has 0 fully saturated rings. The van der Waals surface area contributed by atoms with Crippen molar-refractivity contribution in [2.45, 2.75) is 45.4 Å². The monoisotopic (exact) mass is 360 g/mol. The van der Waals surface area contributed by atoms with Gasteiger partial charge in [0.25, 0.3) is 10.0 Å². The molecule has 2 N–H and O–H groups in total. The normalized spacial score (nSPS) is 11.4. The summed E-state index contributed by atoms with van der Waals surface area (Å²) in [5, 5.41) is 2.68. The summed E-state index contributed by atoms with van der Waals surface area (Å²) in [5.41, 5.74) is 3.75. The topological polar surface area (TPSA) is 75.3 Å². The molecule has 0 aliphatic rings. The van der Waals surface area contributed by atoms with E-state index in [4.69, 9.17) is 0 Å². The number of benzene rings is 2. The number of sulfonamides is 1. The molecule has 2 rings (SSSR count). The van der Waals surface area contributed by atoms with Gasteiger partial charge in [-0.25, -0.2) is 8.42 Å². The molecule has 25 heavy (non-hydrogen) atoms. The van der Waals surface area contributed by atoms with Gasteiger partial charge in [0, 0.05) is 12.6 Å². The minimum atomic E-state index is -3.72. The van der Waals surface area contributed by atoms with Crippen molar-refractivity contribution in [3.05, 3.63) is 53.1 Å². The molecule has 5 nitrogen and oxygen atoms in total. The number of carbonyl (C=O) groups excluding carboxylic acids is 1. The molecule has 0 aliphatic carbocycles.